The van der Waals surface area contributed by atoms with Crippen LogP contribution < -0.4 is 10.5 Å². The van der Waals surface area contributed by atoms with Crippen LogP contribution in [0.25, 0.3) is 5.69 Å². The molecule has 2 heterocycles. The number of nitrogens with two attached hydrogens (primary N) is 1. The normalized spacial score (nSPS) is 11.1. The minimum Gasteiger partial charge on any atom is -0.485 e. The molecule has 0 saturated heterocycles. The van der Waals surface area contributed by atoms with Crippen LogP contribution in [-0.2, 0) is 6.61 Å². The molecule has 1 aromatic heterocycles. The Bertz CT molecular complexity index is 583. The zero-order valence-electron chi connectivity index (χ0n) is 9.20. The van der Waals surface area contributed by atoms with E-state index in [4.69, 9.17) is 10.5 Å². The van der Waals surface area contributed by atoms with Gasteiger partial charge in [0.05, 0.1) is 11.4 Å². The number of benzene rings is 1. The second-order valence-corrected chi connectivity index (χ2v) is 3.53. The Labute approximate surface area is 116 Å². The van der Waals surface area contributed by atoms with Gasteiger partial charge >= 0.3 is 0 Å². The molecule has 2 aromatic rings. The molecule has 0 saturated carbocycles. The fourth-order valence-electron chi connectivity index (χ4n) is 1.85. The Kier molecular flexibility index (Phi) is 4.21. The Morgan fingerprint density at radius 1 is 1.33 bits per heavy atom. The average Bonchev–Trinajstić information content (AvgIpc) is 2.73. The van der Waals surface area contributed by atoms with Gasteiger partial charge in [-0.1, -0.05) is 12.1 Å². The molecule has 1 aliphatic heterocycles. The zero-order chi connectivity index (χ0) is 11.1. The van der Waals surface area contributed by atoms with Crippen molar-refractivity contribution in [2.24, 2.45) is 5.73 Å². The number of nitrogens with zero attached hydrogens (tertiary/aromatic N) is 2. The minimum absolute atomic E-state index is 0. The summed E-state index contributed by atoms with van der Waals surface area (Å²) in [6, 6.07) is 7.59. The van der Waals surface area contributed by atoms with Crippen LogP contribution in [0.2, 0.25) is 0 Å². The summed E-state index contributed by atoms with van der Waals surface area (Å²) in [4.78, 5) is 15.1. The second-order valence-electron chi connectivity index (χ2n) is 3.53. The van der Waals surface area contributed by atoms with Gasteiger partial charge in [0.1, 0.15) is 18.7 Å². The predicted octanol–water partition coefficient (Wildman–Crippen LogP) is 1.71. The highest BCUT2D eigenvalue weighted by atomic mass is 35.5. The highest BCUT2D eigenvalue weighted by molar-refractivity contribution is 5.92. The summed E-state index contributed by atoms with van der Waals surface area (Å²) in [7, 11) is 0. The molecule has 0 radical (unpaired) electrons. The largest absolute Gasteiger partial charge is 0.485 e. The summed E-state index contributed by atoms with van der Waals surface area (Å²) in [5.41, 5.74) is 7.08. The average molecular weight is 288 g/mol. The van der Waals surface area contributed by atoms with E-state index >= 15 is 0 Å². The van der Waals surface area contributed by atoms with E-state index in [-0.39, 0.29) is 30.5 Å². The van der Waals surface area contributed by atoms with Crippen molar-refractivity contribution in [2.45, 2.75) is 6.61 Å². The molecule has 1 aromatic carbocycles. The standard InChI is InChI=1S/C11H9N3O2.2ClH/c12-11(15)10-8-5-16-9-4-2-1-3-7(9)14(8)6-13-10;;/h1-4,6H,5H2,(H2,12,15);2*1H. The smallest absolute Gasteiger partial charge is 0.269 e. The van der Waals surface area contributed by atoms with Crippen LogP contribution >= 0.6 is 24.8 Å². The van der Waals surface area contributed by atoms with Gasteiger partial charge < -0.3 is 10.5 Å². The molecule has 1 amide bonds. The molecule has 0 spiro atoms. The number of fused-ring (bicyclic) bond motifs is 3. The monoisotopic (exact) mass is 287 g/mol. The number of aromatic nitrogens is 2. The van der Waals surface area contributed by atoms with Crippen LogP contribution in [0.3, 0.4) is 0 Å². The zero-order valence-corrected chi connectivity index (χ0v) is 10.8. The van der Waals surface area contributed by atoms with E-state index in [1.807, 2.05) is 28.8 Å². The highest BCUT2D eigenvalue weighted by Gasteiger charge is 2.22. The maximum Gasteiger partial charge on any atom is 0.269 e. The van der Waals surface area contributed by atoms with Crippen molar-refractivity contribution in [1.29, 1.82) is 0 Å². The van der Waals surface area contributed by atoms with Gasteiger partial charge in [0.2, 0.25) is 0 Å². The number of hydrogen-bond donors (Lipinski definition) is 1. The van der Waals surface area contributed by atoms with Gasteiger partial charge in [0.25, 0.3) is 5.91 Å². The first-order valence-electron chi connectivity index (χ1n) is 4.85. The maximum atomic E-state index is 11.1. The van der Waals surface area contributed by atoms with Crippen LogP contribution in [0.1, 0.15) is 16.2 Å². The number of para-hydroxylation sites is 2. The van der Waals surface area contributed by atoms with E-state index < -0.39 is 5.91 Å². The number of imidazole rings is 1. The molecule has 0 atom stereocenters. The molecule has 5 nitrogen and oxygen atoms in total. The number of primary amides is 1. The third kappa shape index (κ3) is 2.02. The van der Waals surface area contributed by atoms with Crippen molar-refractivity contribution >= 4 is 30.7 Å². The van der Waals surface area contributed by atoms with Crippen molar-refractivity contribution in [3.63, 3.8) is 0 Å². The fraction of sp³-hybridized carbons (Fsp3) is 0.0909. The molecule has 7 heteroatoms. The minimum atomic E-state index is -0.531. The first kappa shape index (κ1) is 14.3. The van der Waals surface area contributed by atoms with E-state index in [1.54, 1.807) is 6.33 Å². The molecular formula is C11H11Cl2N3O2. The third-order valence-corrected chi connectivity index (χ3v) is 2.59. The summed E-state index contributed by atoms with van der Waals surface area (Å²) in [6.45, 7) is 0.315. The number of hydrogen-bond acceptors (Lipinski definition) is 3. The Hall–Kier alpha value is -1.72. The van der Waals surface area contributed by atoms with Crippen molar-refractivity contribution in [1.82, 2.24) is 9.55 Å². The van der Waals surface area contributed by atoms with Gasteiger partial charge in [-0.05, 0) is 12.1 Å². The van der Waals surface area contributed by atoms with E-state index in [0.29, 0.717) is 12.3 Å². The molecule has 1 aliphatic rings. The number of carbonyl (C=O) groups is 1. The SMILES string of the molecule is Cl.Cl.NC(=O)c1ncn2c1COc1ccccc1-2. The van der Waals surface area contributed by atoms with E-state index in [0.717, 1.165) is 11.4 Å². The second kappa shape index (κ2) is 5.29. The number of amides is 1. The molecule has 0 unspecified atom stereocenters. The van der Waals surface area contributed by atoms with Gasteiger partial charge in [0.15, 0.2) is 5.69 Å². The third-order valence-electron chi connectivity index (χ3n) is 2.59. The summed E-state index contributed by atoms with van der Waals surface area (Å²) >= 11 is 0. The highest BCUT2D eigenvalue weighted by Crippen LogP contribution is 2.30. The number of ether oxygens (including phenoxy) is 1. The maximum absolute atomic E-state index is 11.1. The van der Waals surface area contributed by atoms with Gasteiger partial charge in [-0.3, -0.25) is 9.36 Å². The summed E-state index contributed by atoms with van der Waals surface area (Å²) < 4.78 is 7.36. The molecule has 96 valence electrons. The van der Waals surface area contributed by atoms with Crippen LogP contribution in [0, 0.1) is 0 Å². The van der Waals surface area contributed by atoms with Crippen molar-refractivity contribution in [3.05, 3.63) is 42.0 Å². The molecule has 18 heavy (non-hydrogen) atoms. The summed E-state index contributed by atoms with van der Waals surface area (Å²) in [5.74, 6) is 0.250. The van der Waals surface area contributed by atoms with Gasteiger partial charge in [0, 0.05) is 0 Å². The lowest BCUT2D eigenvalue weighted by Gasteiger charge is -2.19. The molecular weight excluding hydrogens is 277 g/mol. The molecule has 3 rings (SSSR count). The van der Waals surface area contributed by atoms with Gasteiger partial charge in [-0.15, -0.1) is 24.8 Å². The lowest BCUT2D eigenvalue weighted by molar-refractivity contribution is 0.0993. The van der Waals surface area contributed by atoms with Crippen molar-refractivity contribution in [3.8, 4) is 11.4 Å². The first-order chi connectivity index (χ1) is 7.77. The van der Waals surface area contributed by atoms with Crippen LogP contribution in [0.15, 0.2) is 30.6 Å². The van der Waals surface area contributed by atoms with E-state index in [2.05, 4.69) is 4.98 Å². The van der Waals surface area contributed by atoms with Crippen LogP contribution in [0.4, 0.5) is 0 Å². The summed E-state index contributed by atoms with van der Waals surface area (Å²) in [5, 5.41) is 0. The molecule has 0 bridgehead atoms. The Morgan fingerprint density at radius 3 is 2.78 bits per heavy atom. The number of halogens is 2. The lowest BCUT2D eigenvalue weighted by atomic mass is 10.2. The van der Waals surface area contributed by atoms with Crippen LogP contribution in [0.5, 0.6) is 5.75 Å². The van der Waals surface area contributed by atoms with E-state index in [1.165, 1.54) is 0 Å². The molecule has 2 N–H and O–H groups in total. The van der Waals surface area contributed by atoms with Crippen LogP contribution in [-0.4, -0.2) is 15.5 Å². The predicted molar refractivity (Wildman–Crippen MR) is 70.9 cm³/mol. The van der Waals surface area contributed by atoms with E-state index in [9.17, 15) is 4.79 Å². The number of carbonyl (C=O) groups excluding carboxylic acids is 1. The lowest BCUT2D eigenvalue weighted by Crippen LogP contribution is -2.18. The first-order valence-corrected chi connectivity index (χ1v) is 4.85. The fourth-order valence-corrected chi connectivity index (χ4v) is 1.85. The Balaban J connectivity index is 0.000000810. The van der Waals surface area contributed by atoms with Crippen molar-refractivity contribution in [2.75, 3.05) is 0 Å². The topological polar surface area (TPSA) is 70.1 Å². The Morgan fingerprint density at radius 2 is 2.06 bits per heavy atom. The van der Waals surface area contributed by atoms with Crippen molar-refractivity contribution < 1.29 is 9.53 Å². The summed E-state index contributed by atoms with van der Waals surface area (Å²) in [6.07, 6.45) is 1.59. The quantitative estimate of drug-likeness (QED) is 0.868. The molecule has 0 fully saturated rings. The number of rotatable bonds is 1. The molecule has 0 aliphatic carbocycles. The van der Waals surface area contributed by atoms with Gasteiger partial charge in [-0.2, -0.15) is 0 Å². The van der Waals surface area contributed by atoms with Gasteiger partial charge in [-0.25, -0.2) is 4.98 Å².